The van der Waals surface area contributed by atoms with Crippen molar-refractivity contribution >= 4 is 5.91 Å². The fraction of sp³-hybridized carbons (Fsp3) is 0.833. The first-order valence-corrected chi connectivity index (χ1v) is 37.7. The minimum atomic E-state index is -1.58. The minimum Gasteiger partial charge on any atom is -0.394 e. The first kappa shape index (κ1) is 82.6. The average Bonchev–Trinajstić information content (AvgIpc) is 3.37. The van der Waals surface area contributed by atoms with Crippen molar-refractivity contribution in [2.45, 2.75) is 403 Å². The molecular weight excluding hydrogens is 1080 g/mol. The van der Waals surface area contributed by atoms with Gasteiger partial charge < -0.3 is 40.3 Å². The summed E-state index contributed by atoms with van der Waals surface area (Å²) in [6, 6.07) is -0.831. The highest BCUT2D eigenvalue weighted by atomic mass is 16.7. The molecule has 508 valence electrons. The standard InChI is InChI=1S/C78H143NO8/c1-3-5-7-9-11-13-15-17-19-21-23-25-27-29-31-32-33-34-35-36-37-38-39-40-42-44-46-48-50-52-54-56-58-60-62-64-66-68-74(82)79-71(70-86-78-77(85)76(84)75(83)73(69-80)87-78)72(81)67-65-63-61-59-57-55-53-51-49-47-45-43-41-30-28-26-24-22-20-18-16-14-12-10-8-6-4-2/h15,17,21,23,27,29,49,51,57,59,65,67,71-73,75-78,80-81,83-85H,3-14,16,18-20,22,24-26,28,30-48,50,52-56,58,60-64,66,68-70H2,1-2H3,(H,79,82)/b17-15-,23-21-,29-27-,51-49+,59-57+,67-65+. The average molecular weight is 1220 g/mol. The number of carbonyl (C=O) groups is 1. The highest BCUT2D eigenvalue weighted by Crippen LogP contribution is 2.23. The lowest BCUT2D eigenvalue weighted by Gasteiger charge is -2.40. The zero-order valence-corrected chi connectivity index (χ0v) is 57.0. The highest BCUT2D eigenvalue weighted by Gasteiger charge is 2.44. The van der Waals surface area contributed by atoms with Gasteiger partial charge in [-0.1, -0.05) is 344 Å². The summed E-state index contributed by atoms with van der Waals surface area (Å²) in [5, 5.41) is 54.8. The van der Waals surface area contributed by atoms with Crippen LogP contribution < -0.4 is 5.32 Å². The van der Waals surface area contributed by atoms with Crippen LogP contribution in [0.3, 0.4) is 0 Å². The SMILES string of the molecule is CCCCCCC/C=C\C/C=C\C/C=C\CCCCCCCCCCCCCCCCCCCCCCCCC(=O)NC(COC1OC(CO)C(O)C(O)C1O)C(O)/C=C/CC/C=C/CC/C=C/CCCCCCCCCCCCCCCCCCC. The van der Waals surface area contributed by atoms with Crippen molar-refractivity contribution in [3.8, 4) is 0 Å². The molecule has 9 heteroatoms. The minimum absolute atomic E-state index is 0.186. The van der Waals surface area contributed by atoms with Gasteiger partial charge in [0, 0.05) is 6.42 Å². The molecule has 1 rings (SSSR count). The lowest BCUT2D eigenvalue weighted by atomic mass is 9.99. The van der Waals surface area contributed by atoms with E-state index in [-0.39, 0.29) is 12.5 Å². The van der Waals surface area contributed by atoms with Crippen LogP contribution in [0.4, 0.5) is 0 Å². The van der Waals surface area contributed by atoms with E-state index in [1.807, 2.05) is 6.08 Å². The Hall–Kier alpha value is -2.37. The van der Waals surface area contributed by atoms with E-state index in [9.17, 15) is 30.3 Å². The third-order valence-corrected chi connectivity index (χ3v) is 17.7. The molecule has 1 heterocycles. The van der Waals surface area contributed by atoms with Crippen molar-refractivity contribution in [2.75, 3.05) is 13.2 Å². The summed E-state index contributed by atoms with van der Waals surface area (Å²) in [5.41, 5.74) is 0. The van der Waals surface area contributed by atoms with Crippen molar-refractivity contribution in [3.05, 3.63) is 72.9 Å². The van der Waals surface area contributed by atoms with Crippen LogP contribution in [-0.4, -0.2) is 87.5 Å². The molecule has 0 radical (unpaired) electrons. The molecule has 1 aliphatic heterocycles. The van der Waals surface area contributed by atoms with Crippen molar-refractivity contribution in [1.82, 2.24) is 5.32 Å². The molecule has 0 spiro atoms. The third-order valence-electron chi connectivity index (χ3n) is 17.7. The quantitative estimate of drug-likeness (QED) is 0.0261. The number of amides is 1. The molecule has 87 heavy (non-hydrogen) atoms. The predicted octanol–water partition coefficient (Wildman–Crippen LogP) is 21.1. The van der Waals surface area contributed by atoms with Crippen molar-refractivity contribution in [2.24, 2.45) is 0 Å². The number of ether oxygens (including phenoxy) is 2. The van der Waals surface area contributed by atoms with Crippen LogP contribution in [0.2, 0.25) is 0 Å². The second-order valence-electron chi connectivity index (χ2n) is 26.1. The van der Waals surface area contributed by atoms with E-state index in [1.54, 1.807) is 6.08 Å². The van der Waals surface area contributed by atoms with Crippen LogP contribution in [0.5, 0.6) is 0 Å². The van der Waals surface area contributed by atoms with Crippen molar-refractivity contribution in [3.63, 3.8) is 0 Å². The van der Waals surface area contributed by atoms with Crippen molar-refractivity contribution < 1.29 is 39.8 Å². The summed E-state index contributed by atoms with van der Waals surface area (Å²) < 4.78 is 11.3. The third kappa shape index (κ3) is 55.0. The van der Waals surface area contributed by atoms with E-state index < -0.39 is 49.5 Å². The van der Waals surface area contributed by atoms with E-state index in [1.165, 1.54) is 283 Å². The van der Waals surface area contributed by atoms with Gasteiger partial charge in [-0.15, -0.1) is 0 Å². The zero-order chi connectivity index (χ0) is 62.8. The van der Waals surface area contributed by atoms with Crippen LogP contribution in [0.25, 0.3) is 0 Å². The Labute approximate surface area is 538 Å². The first-order chi connectivity index (χ1) is 42.8. The maximum atomic E-state index is 13.1. The number of carbonyl (C=O) groups excluding carboxylic acids is 1. The van der Waals surface area contributed by atoms with Crippen LogP contribution in [0, 0.1) is 0 Å². The fourth-order valence-electron chi connectivity index (χ4n) is 11.8. The number of hydrogen-bond donors (Lipinski definition) is 6. The molecule has 1 amide bonds. The first-order valence-electron chi connectivity index (χ1n) is 37.7. The van der Waals surface area contributed by atoms with Crippen LogP contribution in [0.1, 0.15) is 361 Å². The van der Waals surface area contributed by atoms with Gasteiger partial charge in [-0.05, 0) is 83.5 Å². The lowest BCUT2D eigenvalue weighted by molar-refractivity contribution is -0.302. The maximum absolute atomic E-state index is 13.1. The van der Waals surface area contributed by atoms with Gasteiger partial charge in [0.25, 0.3) is 0 Å². The number of allylic oxidation sites excluding steroid dienone is 11. The molecule has 1 fully saturated rings. The van der Waals surface area contributed by atoms with E-state index in [0.717, 1.165) is 57.8 Å². The van der Waals surface area contributed by atoms with Crippen molar-refractivity contribution in [1.29, 1.82) is 0 Å². The Kier molecular flexibility index (Phi) is 63.2. The molecule has 0 bridgehead atoms. The van der Waals surface area contributed by atoms with Crippen LogP contribution >= 0.6 is 0 Å². The smallest absolute Gasteiger partial charge is 0.220 e. The van der Waals surface area contributed by atoms with Gasteiger partial charge in [0.1, 0.15) is 24.4 Å². The molecule has 9 nitrogen and oxygen atoms in total. The summed E-state index contributed by atoms with van der Waals surface area (Å²) in [6.45, 7) is 3.79. The normalized spacial score (nSPS) is 18.4. The maximum Gasteiger partial charge on any atom is 0.220 e. The van der Waals surface area contributed by atoms with Gasteiger partial charge in [-0.3, -0.25) is 4.79 Å². The topological polar surface area (TPSA) is 149 Å². The van der Waals surface area contributed by atoms with Crippen LogP contribution in [0.15, 0.2) is 72.9 Å². The van der Waals surface area contributed by atoms with Gasteiger partial charge >= 0.3 is 0 Å². The van der Waals surface area contributed by atoms with Gasteiger partial charge in [0.05, 0.1) is 25.4 Å². The van der Waals surface area contributed by atoms with Gasteiger partial charge in [-0.2, -0.15) is 0 Å². The number of aliphatic hydroxyl groups is 5. The largest absolute Gasteiger partial charge is 0.394 e. The van der Waals surface area contributed by atoms with E-state index in [4.69, 9.17) is 9.47 Å². The van der Waals surface area contributed by atoms with E-state index in [2.05, 4.69) is 79.9 Å². The summed E-state index contributed by atoms with van der Waals surface area (Å²) in [7, 11) is 0. The number of unbranched alkanes of at least 4 members (excludes halogenated alkanes) is 46. The van der Waals surface area contributed by atoms with E-state index in [0.29, 0.717) is 6.42 Å². The molecule has 7 unspecified atom stereocenters. The molecule has 0 saturated carbocycles. The van der Waals surface area contributed by atoms with Gasteiger partial charge in [-0.25, -0.2) is 0 Å². The Morgan fingerprint density at radius 2 is 0.690 bits per heavy atom. The Bertz CT molecular complexity index is 1610. The molecule has 1 saturated heterocycles. The predicted molar refractivity (Wildman–Crippen MR) is 373 cm³/mol. The second-order valence-corrected chi connectivity index (χ2v) is 26.1. The molecule has 0 aliphatic carbocycles. The number of nitrogens with one attached hydrogen (secondary N) is 1. The molecule has 7 atom stereocenters. The zero-order valence-electron chi connectivity index (χ0n) is 57.0. The monoisotopic (exact) mass is 1220 g/mol. The summed E-state index contributed by atoms with van der Waals surface area (Å²) in [4.78, 5) is 13.1. The van der Waals surface area contributed by atoms with Crippen LogP contribution in [-0.2, 0) is 14.3 Å². The molecule has 1 aliphatic rings. The molecule has 0 aromatic heterocycles. The highest BCUT2D eigenvalue weighted by molar-refractivity contribution is 5.76. The Morgan fingerprint density at radius 1 is 0.391 bits per heavy atom. The fourth-order valence-corrected chi connectivity index (χ4v) is 11.8. The van der Waals surface area contributed by atoms with E-state index >= 15 is 0 Å². The molecule has 6 N–H and O–H groups in total. The summed E-state index contributed by atoms with van der Waals surface area (Å²) in [6.07, 6.45) is 87.5. The Balaban J connectivity index is 2.11. The number of rotatable bonds is 66. The summed E-state index contributed by atoms with van der Waals surface area (Å²) in [5.74, 6) is -0.186. The lowest BCUT2D eigenvalue weighted by Crippen LogP contribution is -2.60. The van der Waals surface area contributed by atoms with Gasteiger partial charge in [0.15, 0.2) is 6.29 Å². The molecular formula is C78H143NO8. The molecule has 0 aromatic rings. The number of aliphatic hydroxyl groups excluding tert-OH is 5. The number of hydrogen-bond acceptors (Lipinski definition) is 8. The second kappa shape index (κ2) is 66.5. The summed E-state index contributed by atoms with van der Waals surface area (Å²) >= 11 is 0. The van der Waals surface area contributed by atoms with Gasteiger partial charge in [0.2, 0.25) is 5.91 Å². The Morgan fingerprint density at radius 3 is 1.05 bits per heavy atom. The molecule has 0 aromatic carbocycles.